The molecule has 3 N–H and O–H groups in total. The van der Waals surface area contributed by atoms with Crippen molar-refractivity contribution in [2.24, 2.45) is 5.73 Å². The van der Waals surface area contributed by atoms with Crippen LogP contribution in [0.2, 0.25) is 0 Å². The molecule has 0 unspecified atom stereocenters. The molecule has 3 rings (SSSR count). The van der Waals surface area contributed by atoms with E-state index in [9.17, 15) is 9.59 Å². The standard InChI is InChI=1S/C23H25N3O3/c1-3-4-5-15-6-11-20-19(12-15)18(13-21(25-20)26(2)14-22(27)28)16-7-9-17(10-8-16)23(24)29/h6-13H,3-5,14H2,1-2H3,(H2,24,29)(H,27,28). The number of carbonyl (C=O) groups is 2. The predicted molar refractivity (Wildman–Crippen MR) is 115 cm³/mol. The zero-order valence-electron chi connectivity index (χ0n) is 16.7. The number of nitrogens with two attached hydrogens (primary N) is 1. The van der Waals surface area contributed by atoms with Crippen LogP contribution in [0.3, 0.4) is 0 Å². The van der Waals surface area contributed by atoms with Crippen molar-refractivity contribution in [3.63, 3.8) is 0 Å². The van der Waals surface area contributed by atoms with Crippen molar-refractivity contribution < 1.29 is 14.7 Å². The van der Waals surface area contributed by atoms with Gasteiger partial charge in [-0.1, -0.05) is 31.5 Å². The quantitative estimate of drug-likeness (QED) is 0.608. The number of aliphatic carboxylic acids is 1. The zero-order valence-corrected chi connectivity index (χ0v) is 16.7. The topological polar surface area (TPSA) is 96.5 Å². The second kappa shape index (κ2) is 8.73. The third-order valence-corrected chi connectivity index (χ3v) is 4.92. The first-order valence-electron chi connectivity index (χ1n) is 9.66. The third-order valence-electron chi connectivity index (χ3n) is 4.92. The van der Waals surface area contributed by atoms with Crippen LogP contribution in [0.1, 0.15) is 35.7 Å². The average molecular weight is 391 g/mol. The van der Waals surface area contributed by atoms with E-state index in [-0.39, 0.29) is 6.54 Å². The Morgan fingerprint density at radius 2 is 1.83 bits per heavy atom. The number of aromatic nitrogens is 1. The van der Waals surface area contributed by atoms with Crippen LogP contribution >= 0.6 is 0 Å². The number of carbonyl (C=O) groups excluding carboxylic acids is 1. The van der Waals surface area contributed by atoms with Crippen molar-refractivity contribution in [3.05, 3.63) is 59.7 Å². The number of hydrogen-bond donors (Lipinski definition) is 2. The Bertz CT molecular complexity index is 1050. The molecule has 0 atom stereocenters. The first kappa shape index (κ1) is 20.3. The minimum atomic E-state index is -0.920. The van der Waals surface area contributed by atoms with Crippen LogP contribution < -0.4 is 10.6 Å². The van der Waals surface area contributed by atoms with Crippen LogP contribution in [0, 0.1) is 0 Å². The van der Waals surface area contributed by atoms with Gasteiger partial charge in [0.25, 0.3) is 0 Å². The number of carboxylic acids is 1. The van der Waals surface area contributed by atoms with E-state index in [0.717, 1.165) is 41.3 Å². The molecule has 0 bridgehead atoms. The normalized spacial score (nSPS) is 10.8. The fourth-order valence-corrected chi connectivity index (χ4v) is 3.33. The third kappa shape index (κ3) is 4.71. The number of carboxylic acid groups (broad SMARTS) is 1. The number of nitrogens with zero attached hydrogens (tertiary/aromatic N) is 2. The fraction of sp³-hybridized carbons (Fsp3) is 0.261. The second-order valence-electron chi connectivity index (χ2n) is 7.17. The second-order valence-corrected chi connectivity index (χ2v) is 7.17. The highest BCUT2D eigenvalue weighted by atomic mass is 16.4. The fourth-order valence-electron chi connectivity index (χ4n) is 3.33. The molecule has 0 spiro atoms. The number of amides is 1. The lowest BCUT2D eigenvalue weighted by molar-refractivity contribution is -0.135. The summed E-state index contributed by atoms with van der Waals surface area (Å²) in [5.41, 5.74) is 9.70. The van der Waals surface area contributed by atoms with E-state index in [2.05, 4.69) is 24.0 Å². The number of pyridine rings is 1. The van der Waals surface area contributed by atoms with Crippen molar-refractivity contribution in [3.8, 4) is 11.1 Å². The Kier molecular flexibility index (Phi) is 6.12. The molecule has 0 radical (unpaired) electrons. The highest BCUT2D eigenvalue weighted by Gasteiger charge is 2.14. The van der Waals surface area contributed by atoms with Gasteiger partial charge >= 0.3 is 5.97 Å². The van der Waals surface area contributed by atoms with E-state index >= 15 is 0 Å². The first-order chi connectivity index (χ1) is 13.9. The smallest absolute Gasteiger partial charge is 0.323 e. The maximum atomic E-state index is 11.4. The number of likely N-dealkylation sites (N-methyl/N-ethyl adjacent to an activating group) is 1. The molecule has 1 aromatic heterocycles. The summed E-state index contributed by atoms with van der Waals surface area (Å²) in [5, 5.41) is 10.1. The summed E-state index contributed by atoms with van der Waals surface area (Å²) >= 11 is 0. The molecule has 0 saturated carbocycles. The number of aryl methyl sites for hydroxylation is 1. The number of hydrogen-bond acceptors (Lipinski definition) is 4. The molecule has 0 aliphatic rings. The lowest BCUT2D eigenvalue weighted by atomic mass is 9.97. The van der Waals surface area contributed by atoms with E-state index in [1.54, 1.807) is 24.1 Å². The van der Waals surface area contributed by atoms with Gasteiger partial charge in [-0.2, -0.15) is 0 Å². The van der Waals surface area contributed by atoms with Gasteiger partial charge < -0.3 is 15.7 Å². The number of anilines is 1. The van der Waals surface area contributed by atoms with Gasteiger partial charge in [-0.25, -0.2) is 4.98 Å². The van der Waals surface area contributed by atoms with E-state index in [1.807, 2.05) is 24.3 Å². The van der Waals surface area contributed by atoms with Crippen LogP contribution in [0.15, 0.2) is 48.5 Å². The first-order valence-corrected chi connectivity index (χ1v) is 9.66. The van der Waals surface area contributed by atoms with Crippen molar-refractivity contribution in [2.75, 3.05) is 18.5 Å². The van der Waals surface area contributed by atoms with E-state index in [4.69, 9.17) is 10.8 Å². The maximum Gasteiger partial charge on any atom is 0.323 e. The summed E-state index contributed by atoms with van der Waals surface area (Å²) in [6.45, 7) is 2.02. The van der Waals surface area contributed by atoms with Crippen molar-refractivity contribution >= 4 is 28.6 Å². The molecule has 6 heteroatoms. The number of rotatable bonds is 8. The summed E-state index contributed by atoms with van der Waals surface area (Å²) in [5.74, 6) is -0.813. The van der Waals surface area contributed by atoms with Gasteiger partial charge in [-0.15, -0.1) is 0 Å². The largest absolute Gasteiger partial charge is 0.480 e. The molecule has 0 aliphatic carbocycles. The molecule has 2 aromatic carbocycles. The molecule has 0 fully saturated rings. The number of primary amides is 1. The van der Waals surface area contributed by atoms with Gasteiger partial charge in [0.1, 0.15) is 12.4 Å². The van der Waals surface area contributed by atoms with Gasteiger partial charge in [-0.3, -0.25) is 9.59 Å². The highest BCUT2D eigenvalue weighted by molar-refractivity contribution is 5.98. The van der Waals surface area contributed by atoms with Gasteiger partial charge in [0, 0.05) is 18.0 Å². The van der Waals surface area contributed by atoms with Gasteiger partial charge in [0.2, 0.25) is 5.91 Å². The lowest BCUT2D eigenvalue weighted by Gasteiger charge is -2.19. The monoisotopic (exact) mass is 391 g/mol. The molecular formula is C23H25N3O3. The average Bonchev–Trinajstić information content (AvgIpc) is 2.70. The molecular weight excluding hydrogens is 366 g/mol. The summed E-state index contributed by atoms with van der Waals surface area (Å²) in [7, 11) is 1.71. The Labute approximate surface area is 170 Å². The Morgan fingerprint density at radius 1 is 1.10 bits per heavy atom. The Balaban J connectivity index is 2.15. The molecule has 0 aliphatic heterocycles. The number of fused-ring (bicyclic) bond motifs is 1. The molecule has 6 nitrogen and oxygen atoms in total. The van der Waals surface area contributed by atoms with E-state index in [1.165, 1.54) is 5.56 Å². The van der Waals surface area contributed by atoms with Crippen LogP contribution in [-0.4, -0.2) is 35.6 Å². The van der Waals surface area contributed by atoms with E-state index in [0.29, 0.717) is 11.4 Å². The molecule has 0 saturated heterocycles. The van der Waals surface area contributed by atoms with Crippen molar-refractivity contribution in [2.45, 2.75) is 26.2 Å². The van der Waals surface area contributed by atoms with Crippen molar-refractivity contribution in [1.82, 2.24) is 4.98 Å². The SMILES string of the molecule is CCCCc1ccc2nc(N(C)CC(=O)O)cc(-c3ccc(C(N)=O)cc3)c2c1. The maximum absolute atomic E-state index is 11.4. The number of unbranched alkanes of at least 4 members (excludes halogenated alkanes) is 1. The summed E-state index contributed by atoms with van der Waals surface area (Å²) in [6, 6.07) is 15.2. The molecule has 29 heavy (non-hydrogen) atoms. The molecule has 1 amide bonds. The molecule has 1 heterocycles. The summed E-state index contributed by atoms with van der Waals surface area (Å²) < 4.78 is 0. The van der Waals surface area contributed by atoms with Gasteiger partial charge in [0.05, 0.1) is 5.52 Å². The van der Waals surface area contributed by atoms with E-state index < -0.39 is 11.9 Å². The summed E-state index contributed by atoms with van der Waals surface area (Å²) in [4.78, 5) is 28.8. The van der Waals surface area contributed by atoms with Crippen LogP contribution in [-0.2, 0) is 11.2 Å². The van der Waals surface area contributed by atoms with Crippen LogP contribution in [0.4, 0.5) is 5.82 Å². The van der Waals surface area contributed by atoms with Crippen LogP contribution in [0.5, 0.6) is 0 Å². The Hall–Kier alpha value is -3.41. The summed E-state index contributed by atoms with van der Waals surface area (Å²) in [6.07, 6.45) is 3.23. The van der Waals surface area contributed by atoms with Gasteiger partial charge in [0.15, 0.2) is 0 Å². The molecule has 150 valence electrons. The van der Waals surface area contributed by atoms with Crippen LogP contribution in [0.25, 0.3) is 22.0 Å². The zero-order chi connectivity index (χ0) is 21.0. The lowest BCUT2D eigenvalue weighted by Crippen LogP contribution is -2.26. The van der Waals surface area contributed by atoms with Gasteiger partial charge in [-0.05, 0) is 59.9 Å². The predicted octanol–water partition coefficient (Wildman–Crippen LogP) is 3.86. The van der Waals surface area contributed by atoms with Crippen molar-refractivity contribution in [1.29, 1.82) is 0 Å². The molecule has 3 aromatic rings. The minimum Gasteiger partial charge on any atom is -0.480 e. The number of benzene rings is 2. The Morgan fingerprint density at radius 3 is 2.45 bits per heavy atom. The highest BCUT2D eigenvalue weighted by Crippen LogP contribution is 2.32. The minimum absolute atomic E-state index is 0.146.